The van der Waals surface area contributed by atoms with Crippen LogP contribution in [0.1, 0.15) is 45.6 Å². The van der Waals surface area contributed by atoms with Crippen molar-refractivity contribution in [1.82, 2.24) is 15.3 Å². The van der Waals surface area contributed by atoms with E-state index in [9.17, 15) is 4.79 Å². The maximum atomic E-state index is 13.5. The molecule has 0 spiro atoms. The fourth-order valence-corrected chi connectivity index (χ4v) is 5.30. The Bertz CT molecular complexity index is 1120. The summed E-state index contributed by atoms with van der Waals surface area (Å²) in [4.78, 5) is 22.0. The molecule has 1 aliphatic carbocycles. The summed E-state index contributed by atoms with van der Waals surface area (Å²) in [6, 6.07) is 10.3. The van der Waals surface area contributed by atoms with E-state index < -0.39 is 5.41 Å². The monoisotopic (exact) mass is 399 g/mol. The van der Waals surface area contributed by atoms with E-state index >= 15 is 0 Å². The molecule has 2 aliphatic heterocycles. The van der Waals surface area contributed by atoms with Gasteiger partial charge >= 0.3 is 0 Å². The number of hydrogen-bond acceptors (Lipinski definition) is 6. The van der Waals surface area contributed by atoms with Crippen molar-refractivity contribution in [2.24, 2.45) is 15.6 Å². The number of nitrogens with zero attached hydrogens (tertiary/aromatic N) is 4. The first-order valence-electron chi connectivity index (χ1n) is 10.5. The summed E-state index contributed by atoms with van der Waals surface area (Å²) in [5.74, 6) is 0.217. The van der Waals surface area contributed by atoms with Crippen molar-refractivity contribution in [3.63, 3.8) is 0 Å². The van der Waals surface area contributed by atoms with Crippen molar-refractivity contribution in [3.05, 3.63) is 71.5 Å². The molecule has 2 atom stereocenters. The van der Waals surface area contributed by atoms with Crippen molar-refractivity contribution < 1.29 is 4.79 Å². The molecule has 0 bridgehead atoms. The van der Waals surface area contributed by atoms with Gasteiger partial charge in [-0.05, 0) is 36.0 Å². The average Bonchev–Trinajstić information content (AvgIpc) is 3.21. The van der Waals surface area contributed by atoms with Gasteiger partial charge in [-0.3, -0.25) is 4.79 Å². The van der Waals surface area contributed by atoms with E-state index in [2.05, 4.69) is 58.4 Å². The van der Waals surface area contributed by atoms with Crippen LogP contribution in [0.3, 0.4) is 0 Å². The largest absolute Gasteiger partial charge is 0.362 e. The predicted octanol–water partition coefficient (Wildman–Crippen LogP) is 4.71. The van der Waals surface area contributed by atoms with Crippen molar-refractivity contribution in [2.75, 3.05) is 0 Å². The number of rotatable bonds is 3. The molecule has 0 fully saturated rings. The Morgan fingerprint density at radius 1 is 1.20 bits per heavy atom. The van der Waals surface area contributed by atoms with E-state index in [-0.39, 0.29) is 17.4 Å². The van der Waals surface area contributed by atoms with Crippen LogP contribution < -0.4 is 5.32 Å². The molecule has 6 nitrogen and oxygen atoms in total. The minimum Gasteiger partial charge on any atom is -0.362 e. The highest BCUT2D eigenvalue weighted by molar-refractivity contribution is 6.01. The summed E-state index contributed by atoms with van der Waals surface area (Å²) in [5.41, 5.74) is 5.32. The van der Waals surface area contributed by atoms with Gasteiger partial charge in [-0.1, -0.05) is 39.0 Å². The highest BCUT2D eigenvalue weighted by atomic mass is 16.1. The van der Waals surface area contributed by atoms with Gasteiger partial charge < -0.3 is 5.32 Å². The molecule has 0 radical (unpaired) electrons. The molecule has 0 saturated heterocycles. The number of benzene rings is 1. The van der Waals surface area contributed by atoms with Crippen LogP contribution in [0.4, 0.5) is 0 Å². The minimum atomic E-state index is -0.536. The van der Waals surface area contributed by atoms with E-state index in [0.29, 0.717) is 6.42 Å². The predicted molar refractivity (Wildman–Crippen MR) is 114 cm³/mol. The molecule has 3 heterocycles. The SMILES string of the molecule is CCC1(c2cccc(-c3ccncn3)c2)C2=CN=NC2NC2=C1C(=O)CC(C)(C)C2. The second-order valence-electron chi connectivity index (χ2n) is 9.09. The first-order chi connectivity index (χ1) is 14.4. The van der Waals surface area contributed by atoms with E-state index in [1.807, 2.05) is 24.4 Å². The molecule has 30 heavy (non-hydrogen) atoms. The molecule has 1 aromatic heterocycles. The molecule has 1 N–H and O–H groups in total. The third kappa shape index (κ3) is 2.74. The topological polar surface area (TPSA) is 79.6 Å². The normalized spacial score (nSPS) is 26.7. The highest BCUT2D eigenvalue weighted by Crippen LogP contribution is 2.53. The summed E-state index contributed by atoms with van der Waals surface area (Å²) in [6.45, 7) is 6.46. The zero-order chi connectivity index (χ0) is 20.9. The van der Waals surface area contributed by atoms with Gasteiger partial charge in [0.2, 0.25) is 0 Å². The number of carbonyl (C=O) groups is 1. The molecule has 0 saturated carbocycles. The molecule has 6 heteroatoms. The lowest BCUT2D eigenvalue weighted by atomic mass is 9.58. The fourth-order valence-electron chi connectivity index (χ4n) is 5.30. The molecular formula is C24H25N5O. The molecule has 1 aromatic carbocycles. The number of carbonyl (C=O) groups excluding carboxylic acids is 1. The van der Waals surface area contributed by atoms with Crippen LogP contribution in [0.15, 0.2) is 76.1 Å². The Kier molecular flexibility index (Phi) is 4.20. The van der Waals surface area contributed by atoms with Crippen molar-refractivity contribution >= 4 is 5.78 Å². The molecule has 0 amide bonds. The highest BCUT2D eigenvalue weighted by Gasteiger charge is 2.52. The van der Waals surface area contributed by atoms with Crippen LogP contribution in [0.5, 0.6) is 0 Å². The molecule has 2 aromatic rings. The summed E-state index contributed by atoms with van der Waals surface area (Å²) in [7, 11) is 0. The standard InChI is InChI=1S/C24H25N5O/c1-4-24(16-7-5-6-15(10-16)18-8-9-25-14-26-18)17-13-27-29-22(17)28-19-11-23(2,3)12-20(30)21(19)24/h5-10,13-14,22,28H,4,11-12H2,1-3H3. The Hall–Kier alpha value is -3.15. The lowest BCUT2D eigenvalue weighted by Gasteiger charge is -2.47. The van der Waals surface area contributed by atoms with Gasteiger partial charge in [-0.15, -0.1) is 0 Å². The van der Waals surface area contributed by atoms with Crippen LogP contribution in [-0.4, -0.2) is 21.9 Å². The first-order valence-corrected chi connectivity index (χ1v) is 10.5. The first kappa shape index (κ1) is 18.9. The van der Waals surface area contributed by atoms with Gasteiger partial charge in [0, 0.05) is 35.0 Å². The summed E-state index contributed by atoms with van der Waals surface area (Å²) >= 11 is 0. The lowest BCUT2D eigenvalue weighted by molar-refractivity contribution is -0.119. The van der Waals surface area contributed by atoms with Crippen LogP contribution in [0.25, 0.3) is 11.3 Å². The fraction of sp³-hybridized carbons (Fsp3) is 0.375. The second-order valence-corrected chi connectivity index (χ2v) is 9.09. The number of allylic oxidation sites excluding steroid dienone is 2. The van der Waals surface area contributed by atoms with Crippen LogP contribution in [0.2, 0.25) is 0 Å². The summed E-state index contributed by atoms with van der Waals surface area (Å²) < 4.78 is 0. The van der Waals surface area contributed by atoms with E-state index in [1.165, 1.54) is 0 Å². The smallest absolute Gasteiger partial charge is 0.164 e. The quantitative estimate of drug-likeness (QED) is 0.810. The molecule has 3 aliphatic rings. The van der Waals surface area contributed by atoms with Crippen LogP contribution in [-0.2, 0) is 10.2 Å². The van der Waals surface area contributed by atoms with Crippen molar-refractivity contribution in [2.45, 2.75) is 51.6 Å². The third-order valence-electron chi connectivity index (χ3n) is 6.54. The average molecular weight is 399 g/mol. The Labute approximate surface area is 176 Å². The van der Waals surface area contributed by atoms with Crippen molar-refractivity contribution in [3.8, 4) is 11.3 Å². The van der Waals surface area contributed by atoms with Gasteiger partial charge in [0.15, 0.2) is 11.9 Å². The molecule has 2 unspecified atom stereocenters. The second kappa shape index (κ2) is 6.69. The zero-order valence-electron chi connectivity index (χ0n) is 17.5. The maximum absolute atomic E-state index is 13.5. The maximum Gasteiger partial charge on any atom is 0.164 e. The van der Waals surface area contributed by atoms with Gasteiger partial charge in [0.1, 0.15) is 6.33 Å². The number of Topliss-reactive ketones (excluding diaryl/α,β-unsaturated/α-hetero) is 1. The molecular weight excluding hydrogens is 374 g/mol. The lowest BCUT2D eigenvalue weighted by Crippen LogP contribution is -2.51. The van der Waals surface area contributed by atoms with E-state index in [4.69, 9.17) is 0 Å². The Balaban J connectivity index is 1.74. The summed E-state index contributed by atoms with van der Waals surface area (Å²) in [5, 5.41) is 12.2. The number of ketones is 1. The van der Waals surface area contributed by atoms with Gasteiger partial charge in [0.05, 0.1) is 17.3 Å². The molecule has 5 rings (SSSR count). The van der Waals surface area contributed by atoms with E-state index in [0.717, 1.165) is 46.5 Å². The molecule has 152 valence electrons. The van der Waals surface area contributed by atoms with Gasteiger partial charge in [-0.2, -0.15) is 10.2 Å². The summed E-state index contributed by atoms with van der Waals surface area (Å²) in [6.07, 6.45) is 7.08. The number of azo groups is 1. The zero-order valence-corrected chi connectivity index (χ0v) is 17.5. The van der Waals surface area contributed by atoms with E-state index in [1.54, 1.807) is 12.5 Å². The third-order valence-corrected chi connectivity index (χ3v) is 6.54. The minimum absolute atomic E-state index is 0.0673. The number of fused-ring (bicyclic) bond motifs is 1. The van der Waals surface area contributed by atoms with Crippen LogP contribution in [0, 0.1) is 5.41 Å². The van der Waals surface area contributed by atoms with Gasteiger partial charge in [-0.25, -0.2) is 9.97 Å². The Morgan fingerprint density at radius 2 is 2.07 bits per heavy atom. The van der Waals surface area contributed by atoms with Gasteiger partial charge in [0.25, 0.3) is 0 Å². The van der Waals surface area contributed by atoms with Crippen LogP contribution >= 0.6 is 0 Å². The number of nitrogens with one attached hydrogen (secondary N) is 1. The number of hydrogen-bond donors (Lipinski definition) is 1. The Morgan fingerprint density at radius 3 is 2.83 bits per heavy atom. The number of aromatic nitrogens is 2. The van der Waals surface area contributed by atoms with Crippen molar-refractivity contribution in [1.29, 1.82) is 0 Å².